The largest absolute Gasteiger partial charge is 0.356 e. The van der Waals surface area contributed by atoms with E-state index in [1.165, 1.54) is 12.8 Å². The second kappa shape index (κ2) is 7.68. The minimum atomic E-state index is -0.00913. The fourth-order valence-corrected chi connectivity index (χ4v) is 4.17. The third-order valence-electron chi connectivity index (χ3n) is 4.83. The molecule has 2 N–H and O–H groups in total. The Morgan fingerprint density at radius 2 is 2.14 bits per heavy atom. The molecule has 2 saturated heterocycles. The molecule has 22 heavy (non-hydrogen) atoms. The van der Waals surface area contributed by atoms with Crippen molar-refractivity contribution < 1.29 is 9.59 Å². The lowest BCUT2D eigenvalue weighted by molar-refractivity contribution is -0.136. The summed E-state index contributed by atoms with van der Waals surface area (Å²) in [4.78, 5) is 26.6. The summed E-state index contributed by atoms with van der Waals surface area (Å²) in [6.45, 7) is 3.24. The van der Waals surface area contributed by atoms with Crippen molar-refractivity contribution in [3.05, 3.63) is 0 Å². The number of carbonyl (C=O) groups is 2. The molecular formula is C16H27N3O2S. The topological polar surface area (TPSA) is 61.4 Å². The van der Waals surface area contributed by atoms with Crippen molar-refractivity contribution in [2.45, 2.75) is 38.1 Å². The van der Waals surface area contributed by atoms with Crippen LogP contribution in [0.1, 0.15) is 32.1 Å². The van der Waals surface area contributed by atoms with Crippen molar-refractivity contribution >= 4 is 23.6 Å². The summed E-state index contributed by atoms with van der Waals surface area (Å²) in [5.41, 5.74) is 0. The van der Waals surface area contributed by atoms with Crippen LogP contribution in [-0.4, -0.2) is 60.4 Å². The van der Waals surface area contributed by atoms with E-state index in [2.05, 4.69) is 10.6 Å². The number of hydrogen-bond acceptors (Lipinski definition) is 4. The lowest BCUT2D eigenvalue weighted by Crippen LogP contribution is -2.48. The Morgan fingerprint density at radius 3 is 2.86 bits per heavy atom. The molecule has 5 nitrogen and oxygen atoms in total. The van der Waals surface area contributed by atoms with E-state index in [4.69, 9.17) is 0 Å². The summed E-state index contributed by atoms with van der Waals surface area (Å²) >= 11 is 1.91. The summed E-state index contributed by atoms with van der Waals surface area (Å²) < 4.78 is 0. The van der Waals surface area contributed by atoms with Crippen LogP contribution in [0.15, 0.2) is 0 Å². The standard InChI is InChI=1S/C16H27N3O2S/c20-15(8-14-11-22-7-5-17-14)19-6-1-2-13(10-19)16(21)18-9-12-3-4-12/h12-14,17H,1-11H2,(H,18,21). The first-order valence-corrected chi connectivity index (χ1v) is 9.74. The van der Waals surface area contributed by atoms with E-state index >= 15 is 0 Å². The number of hydrogen-bond donors (Lipinski definition) is 2. The molecule has 3 aliphatic rings. The Bertz CT molecular complexity index is 408. The first-order chi connectivity index (χ1) is 10.7. The van der Waals surface area contributed by atoms with Crippen LogP contribution in [0.3, 0.4) is 0 Å². The molecule has 0 spiro atoms. The van der Waals surface area contributed by atoms with Crippen molar-refractivity contribution in [3.63, 3.8) is 0 Å². The third kappa shape index (κ3) is 4.62. The van der Waals surface area contributed by atoms with Crippen molar-refractivity contribution in [1.29, 1.82) is 0 Å². The number of thioether (sulfide) groups is 1. The maximum atomic E-state index is 12.5. The highest BCUT2D eigenvalue weighted by Gasteiger charge is 2.30. The van der Waals surface area contributed by atoms with Gasteiger partial charge in [0.15, 0.2) is 0 Å². The summed E-state index contributed by atoms with van der Waals surface area (Å²) in [5.74, 6) is 3.21. The van der Waals surface area contributed by atoms with E-state index in [1.54, 1.807) is 0 Å². The zero-order chi connectivity index (χ0) is 15.4. The van der Waals surface area contributed by atoms with Gasteiger partial charge in [0, 0.05) is 50.1 Å². The van der Waals surface area contributed by atoms with Crippen LogP contribution < -0.4 is 10.6 Å². The summed E-state index contributed by atoms with van der Waals surface area (Å²) in [6, 6.07) is 0.301. The number of likely N-dealkylation sites (tertiary alicyclic amines) is 1. The molecule has 6 heteroatoms. The first kappa shape index (κ1) is 16.1. The molecular weight excluding hydrogens is 298 g/mol. The van der Waals surface area contributed by atoms with E-state index in [9.17, 15) is 9.59 Å². The second-order valence-electron chi connectivity index (χ2n) is 6.80. The molecule has 1 aliphatic carbocycles. The number of carbonyl (C=O) groups excluding carboxylic acids is 2. The van der Waals surface area contributed by atoms with Gasteiger partial charge in [0.1, 0.15) is 0 Å². The highest BCUT2D eigenvalue weighted by atomic mass is 32.2. The van der Waals surface area contributed by atoms with E-state index in [0.29, 0.717) is 24.9 Å². The van der Waals surface area contributed by atoms with E-state index in [0.717, 1.165) is 44.0 Å². The average molecular weight is 325 g/mol. The monoisotopic (exact) mass is 325 g/mol. The van der Waals surface area contributed by atoms with Crippen LogP contribution in [0.25, 0.3) is 0 Å². The molecule has 2 unspecified atom stereocenters. The normalized spacial score (nSPS) is 29.2. The fraction of sp³-hybridized carbons (Fsp3) is 0.875. The van der Waals surface area contributed by atoms with Gasteiger partial charge in [0.25, 0.3) is 0 Å². The van der Waals surface area contributed by atoms with Crippen LogP contribution in [0.5, 0.6) is 0 Å². The van der Waals surface area contributed by atoms with E-state index in [1.807, 2.05) is 16.7 Å². The molecule has 0 aromatic heterocycles. The Balaban J connectivity index is 1.44. The maximum absolute atomic E-state index is 12.5. The maximum Gasteiger partial charge on any atom is 0.224 e. The Kier molecular flexibility index (Phi) is 5.63. The lowest BCUT2D eigenvalue weighted by Gasteiger charge is -2.33. The molecule has 0 aromatic rings. The smallest absolute Gasteiger partial charge is 0.224 e. The zero-order valence-corrected chi connectivity index (χ0v) is 14.0. The molecule has 0 bridgehead atoms. The number of piperidine rings is 1. The van der Waals surface area contributed by atoms with Crippen LogP contribution >= 0.6 is 11.8 Å². The van der Waals surface area contributed by atoms with Gasteiger partial charge in [-0.3, -0.25) is 9.59 Å². The molecule has 2 atom stereocenters. The van der Waals surface area contributed by atoms with Gasteiger partial charge < -0.3 is 15.5 Å². The first-order valence-electron chi connectivity index (χ1n) is 8.59. The SMILES string of the molecule is O=C(NCC1CC1)C1CCCN(C(=O)CC2CSCCN2)C1. The second-order valence-corrected chi connectivity index (χ2v) is 7.95. The number of nitrogens with one attached hydrogen (secondary N) is 2. The van der Waals surface area contributed by atoms with Gasteiger partial charge in [-0.05, 0) is 31.6 Å². The predicted molar refractivity (Wildman–Crippen MR) is 88.8 cm³/mol. The van der Waals surface area contributed by atoms with Crippen molar-refractivity contribution in [3.8, 4) is 0 Å². The van der Waals surface area contributed by atoms with E-state index < -0.39 is 0 Å². The number of nitrogens with zero attached hydrogens (tertiary/aromatic N) is 1. The summed E-state index contributed by atoms with van der Waals surface area (Å²) in [6.07, 6.45) is 4.94. The fourth-order valence-electron chi connectivity index (χ4n) is 3.22. The van der Waals surface area contributed by atoms with Gasteiger partial charge in [0.05, 0.1) is 5.92 Å². The minimum absolute atomic E-state index is 0.00913. The van der Waals surface area contributed by atoms with Gasteiger partial charge in [0.2, 0.25) is 11.8 Å². The molecule has 0 aromatic carbocycles. The Hall–Kier alpha value is -0.750. The van der Waals surface area contributed by atoms with Crippen molar-refractivity contribution in [2.24, 2.45) is 11.8 Å². The number of rotatable bonds is 5. The quantitative estimate of drug-likeness (QED) is 0.787. The minimum Gasteiger partial charge on any atom is -0.356 e. The molecule has 124 valence electrons. The zero-order valence-electron chi connectivity index (χ0n) is 13.2. The summed E-state index contributed by atoms with van der Waals surface area (Å²) in [7, 11) is 0. The summed E-state index contributed by atoms with van der Waals surface area (Å²) in [5, 5.41) is 6.48. The van der Waals surface area contributed by atoms with Gasteiger partial charge in [-0.15, -0.1) is 0 Å². The van der Waals surface area contributed by atoms with Crippen LogP contribution in [0.2, 0.25) is 0 Å². The Morgan fingerprint density at radius 1 is 1.27 bits per heavy atom. The molecule has 0 radical (unpaired) electrons. The molecule has 3 rings (SSSR count). The third-order valence-corrected chi connectivity index (χ3v) is 5.96. The molecule has 3 fully saturated rings. The molecule has 2 heterocycles. The molecule has 1 saturated carbocycles. The molecule has 2 aliphatic heterocycles. The predicted octanol–water partition coefficient (Wildman–Crippen LogP) is 0.846. The average Bonchev–Trinajstić information content (AvgIpc) is 3.38. The molecule has 2 amide bonds. The van der Waals surface area contributed by atoms with Gasteiger partial charge >= 0.3 is 0 Å². The number of amides is 2. The van der Waals surface area contributed by atoms with Crippen LogP contribution in [0.4, 0.5) is 0 Å². The van der Waals surface area contributed by atoms with Crippen LogP contribution in [-0.2, 0) is 9.59 Å². The van der Waals surface area contributed by atoms with Gasteiger partial charge in [-0.1, -0.05) is 0 Å². The highest BCUT2D eigenvalue weighted by Crippen LogP contribution is 2.28. The van der Waals surface area contributed by atoms with Crippen molar-refractivity contribution in [2.75, 3.05) is 37.7 Å². The van der Waals surface area contributed by atoms with E-state index in [-0.39, 0.29) is 17.7 Å². The van der Waals surface area contributed by atoms with Crippen molar-refractivity contribution in [1.82, 2.24) is 15.5 Å². The van der Waals surface area contributed by atoms with Crippen LogP contribution in [0, 0.1) is 11.8 Å². The lowest BCUT2D eigenvalue weighted by atomic mass is 9.96. The highest BCUT2D eigenvalue weighted by molar-refractivity contribution is 7.99. The van der Waals surface area contributed by atoms with Gasteiger partial charge in [-0.2, -0.15) is 11.8 Å². The van der Waals surface area contributed by atoms with Gasteiger partial charge in [-0.25, -0.2) is 0 Å². The Labute approximate surface area is 137 Å².